The van der Waals surface area contributed by atoms with Crippen LogP contribution < -0.4 is 5.69 Å². The van der Waals surface area contributed by atoms with Crippen LogP contribution in [-0.4, -0.2) is 9.97 Å². The second-order valence-corrected chi connectivity index (χ2v) is 2.93. The molecule has 0 aliphatic rings. The predicted molar refractivity (Wildman–Crippen MR) is 50.2 cm³/mol. The van der Waals surface area contributed by atoms with Crippen molar-refractivity contribution in [3.05, 3.63) is 52.7 Å². The number of aromatic nitrogens is 2. The maximum absolute atomic E-state index is 13.3. The molecule has 0 amide bonds. The van der Waals surface area contributed by atoms with Crippen LogP contribution in [0.2, 0.25) is 0 Å². The summed E-state index contributed by atoms with van der Waals surface area (Å²) < 4.78 is 26.1. The fourth-order valence-electron chi connectivity index (χ4n) is 1.21. The molecule has 0 aliphatic carbocycles. The molecule has 15 heavy (non-hydrogen) atoms. The highest BCUT2D eigenvalue weighted by Crippen LogP contribution is 2.21. The quantitative estimate of drug-likeness (QED) is 0.775. The summed E-state index contributed by atoms with van der Waals surface area (Å²) in [5.74, 6) is -1.11. The highest BCUT2D eigenvalue weighted by Gasteiger charge is 2.06. The van der Waals surface area contributed by atoms with Gasteiger partial charge in [-0.25, -0.2) is 18.6 Å². The molecule has 0 atom stereocenters. The molecular formula is C10H6F2N2O. The Morgan fingerprint density at radius 1 is 1.27 bits per heavy atom. The van der Waals surface area contributed by atoms with Gasteiger partial charge in [-0.3, -0.25) is 0 Å². The first-order chi connectivity index (χ1) is 7.16. The summed E-state index contributed by atoms with van der Waals surface area (Å²) in [4.78, 5) is 16.4. The van der Waals surface area contributed by atoms with Crippen molar-refractivity contribution in [1.29, 1.82) is 0 Å². The van der Waals surface area contributed by atoms with Gasteiger partial charge in [0.2, 0.25) is 0 Å². The van der Waals surface area contributed by atoms with Crippen LogP contribution in [0.25, 0.3) is 11.1 Å². The lowest BCUT2D eigenvalue weighted by Gasteiger charge is -2.01. The van der Waals surface area contributed by atoms with Gasteiger partial charge in [-0.15, -0.1) is 0 Å². The Morgan fingerprint density at radius 2 is 2.07 bits per heavy atom. The van der Waals surface area contributed by atoms with Crippen molar-refractivity contribution in [1.82, 2.24) is 9.97 Å². The summed E-state index contributed by atoms with van der Waals surface area (Å²) >= 11 is 0. The molecule has 2 rings (SSSR count). The van der Waals surface area contributed by atoms with Crippen molar-refractivity contribution in [2.75, 3.05) is 0 Å². The third-order valence-corrected chi connectivity index (χ3v) is 1.91. The van der Waals surface area contributed by atoms with Crippen LogP contribution in [0.4, 0.5) is 8.78 Å². The number of rotatable bonds is 1. The summed E-state index contributed by atoms with van der Waals surface area (Å²) in [6.45, 7) is 0. The van der Waals surface area contributed by atoms with Crippen molar-refractivity contribution < 1.29 is 8.78 Å². The minimum Gasteiger partial charge on any atom is -0.312 e. The molecule has 1 N–H and O–H groups in total. The lowest BCUT2D eigenvalue weighted by Crippen LogP contribution is -2.08. The largest absolute Gasteiger partial charge is 0.344 e. The minimum atomic E-state index is -0.565. The molecule has 1 aromatic carbocycles. The lowest BCUT2D eigenvalue weighted by atomic mass is 10.1. The molecule has 1 heterocycles. The summed E-state index contributed by atoms with van der Waals surface area (Å²) in [6, 6.07) is 3.10. The summed E-state index contributed by atoms with van der Waals surface area (Å²) in [5, 5.41) is 0. The Hall–Kier alpha value is -2.04. The Balaban J connectivity index is 2.58. The van der Waals surface area contributed by atoms with Gasteiger partial charge in [-0.2, -0.15) is 0 Å². The second-order valence-electron chi connectivity index (χ2n) is 2.93. The molecule has 0 aliphatic heterocycles. The normalized spacial score (nSPS) is 10.3. The zero-order chi connectivity index (χ0) is 10.8. The zero-order valence-corrected chi connectivity index (χ0v) is 7.50. The fourth-order valence-corrected chi connectivity index (χ4v) is 1.21. The van der Waals surface area contributed by atoms with Gasteiger partial charge in [0.25, 0.3) is 0 Å². The molecule has 0 bridgehead atoms. The van der Waals surface area contributed by atoms with E-state index in [1.54, 1.807) is 0 Å². The van der Waals surface area contributed by atoms with Gasteiger partial charge >= 0.3 is 5.69 Å². The van der Waals surface area contributed by atoms with Gasteiger partial charge in [0, 0.05) is 23.5 Å². The Bertz CT molecular complexity index is 531. The van der Waals surface area contributed by atoms with Crippen LogP contribution >= 0.6 is 0 Å². The van der Waals surface area contributed by atoms with Crippen molar-refractivity contribution >= 4 is 0 Å². The number of hydrogen-bond acceptors (Lipinski definition) is 2. The van der Waals surface area contributed by atoms with Gasteiger partial charge in [0.05, 0.1) is 0 Å². The van der Waals surface area contributed by atoms with Gasteiger partial charge in [0.1, 0.15) is 11.6 Å². The molecule has 0 radical (unpaired) electrons. The Labute approximate surface area is 83.4 Å². The fraction of sp³-hybridized carbons (Fsp3) is 0. The van der Waals surface area contributed by atoms with E-state index in [1.165, 1.54) is 12.4 Å². The molecule has 0 fully saturated rings. The summed E-state index contributed by atoms with van der Waals surface area (Å²) in [7, 11) is 0. The number of benzene rings is 1. The van der Waals surface area contributed by atoms with E-state index in [0.29, 0.717) is 5.56 Å². The average molecular weight is 208 g/mol. The number of H-pyrrole nitrogens is 1. The van der Waals surface area contributed by atoms with E-state index >= 15 is 0 Å². The maximum Gasteiger partial charge on any atom is 0.344 e. The number of halogens is 2. The lowest BCUT2D eigenvalue weighted by molar-refractivity contribution is 0.603. The first kappa shape index (κ1) is 9.51. The van der Waals surface area contributed by atoms with Crippen molar-refractivity contribution in [2.24, 2.45) is 0 Å². The van der Waals surface area contributed by atoms with Gasteiger partial charge in [0.15, 0.2) is 0 Å². The van der Waals surface area contributed by atoms with Crippen molar-refractivity contribution in [3.63, 3.8) is 0 Å². The third kappa shape index (κ3) is 1.90. The summed E-state index contributed by atoms with van der Waals surface area (Å²) in [6.07, 6.45) is 2.48. The molecule has 76 valence electrons. The van der Waals surface area contributed by atoms with E-state index < -0.39 is 17.3 Å². The Morgan fingerprint density at radius 3 is 2.73 bits per heavy atom. The van der Waals surface area contributed by atoms with Crippen LogP contribution in [-0.2, 0) is 0 Å². The van der Waals surface area contributed by atoms with E-state index in [-0.39, 0.29) is 5.56 Å². The van der Waals surface area contributed by atoms with Crippen LogP contribution in [0.3, 0.4) is 0 Å². The topological polar surface area (TPSA) is 45.8 Å². The SMILES string of the molecule is O=c1ncc(-c2cc(F)ccc2F)c[nH]1. The Kier molecular flexibility index (Phi) is 2.29. The summed E-state index contributed by atoms with van der Waals surface area (Å²) in [5.41, 5.74) is -0.138. The molecule has 1 aromatic heterocycles. The third-order valence-electron chi connectivity index (χ3n) is 1.91. The maximum atomic E-state index is 13.3. The number of hydrogen-bond donors (Lipinski definition) is 1. The molecule has 0 unspecified atom stereocenters. The monoisotopic (exact) mass is 208 g/mol. The first-order valence-corrected chi connectivity index (χ1v) is 4.17. The number of nitrogens with one attached hydrogen (secondary N) is 1. The molecule has 0 saturated heterocycles. The zero-order valence-electron chi connectivity index (χ0n) is 7.50. The molecular weight excluding hydrogens is 202 g/mol. The van der Waals surface area contributed by atoms with Crippen LogP contribution in [0.15, 0.2) is 35.4 Å². The van der Waals surface area contributed by atoms with E-state index in [4.69, 9.17) is 0 Å². The number of nitrogens with zero attached hydrogens (tertiary/aromatic N) is 1. The van der Waals surface area contributed by atoms with Gasteiger partial charge in [-0.05, 0) is 18.2 Å². The highest BCUT2D eigenvalue weighted by atomic mass is 19.1. The van der Waals surface area contributed by atoms with Gasteiger partial charge < -0.3 is 4.98 Å². The van der Waals surface area contributed by atoms with Crippen LogP contribution in [0, 0.1) is 11.6 Å². The van der Waals surface area contributed by atoms with Crippen molar-refractivity contribution in [3.8, 4) is 11.1 Å². The van der Waals surface area contributed by atoms with E-state index in [2.05, 4.69) is 9.97 Å². The van der Waals surface area contributed by atoms with E-state index in [9.17, 15) is 13.6 Å². The minimum absolute atomic E-state index is 0.0683. The molecule has 0 saturated carbocycles. The van der Waals surface area contributed by atoms with Gasteiger partial charge in [-0.1, -0.05) is 0 Å². The number of aromatic amines is 1. The molecule has 2 aromatic rings. The smallest absolute Gasteiger partial charge is 0.312 e. The highest BCUT2D eigenvalue weighted by molar-refractivity contribution is 5.61. The van der Waals surface area contributed by atoms with Crippen LogP contribution in [0.5, 0.6) is 0 Å². The molecule has 0 spiro atoms. The van der Waals surface area contributed by atoms with Crippen LogP contribution in [0.1, 0.15) is 0 Å². The predicted octanol–water partition coefficient (Wildman–Crippen LogP) is 1.72. The second kappa shape index (κ2) is 3.61. The van der Waals surface area contributed by atoms with Crippen molar-refractivity contribution in [2.45, 2.75) is 0 Å². The molecule has 3 nitrogen and oxygen atoms in total. The first-order valence-electron chi connectivity index (χ1n) is 4.17. The van der Waals surface area contributed by atoms with E-state index in [0.717, 1.165) is 18.2 Å². The standard InChI is InChI=1S/C10H6F2N2O/c11-7-1-2-9(12)8(3-7)6-4-13-10(15)14-5-6/h1-5H,(H,13,14,15). The average Bonchev–Trinajstić information content (AvgIpc) is 2.23. The molecule has 5 heteroatoms. The van der Waals surface area contributed by atoms with E-state index in [1.807, 2.05) is 0 Å².